The summed E-state index contributed by atoms with van der Waals surface area (Å²) < 4.78 is 0. The first kappa shape index (κ1) is 20.3. The maximum atomic E-state index is 8.57. The van der Waals surface area contributed by atoms with Crippen molar-refractivity contribution in [2.75, 3.05) is 32.5 Å². The molecule has 3 N–H and O–H groups in total. The second-order valence-corrected chi connectivity index (χ2v) is 4.38. The van der Waals surface area contributed by atoms with E-state index in [1.54, 1.807) is 11.8 Å². The van der Waals surface area contributed by atoms with Gasteiger partial charge in [0.15, 0.2) is 0 Å². The van der Waals surface area contributed by atoms with Crippen LogP contribution in [0.2, 0.25) is 0 Å². The highest BCUT2D eigenvalue weighted by molar-refractivity contribution is 7.98. The fraction of sp³-hybridized carbons (Fsp3) is 0.500. The lowest BCUT2D eigenvalue weighted by atomic mass is 10.2. The normalized spacial score (nSPS) is 9.44. The van der Waals surface area contributed by atoms with Crippen molar-refractivity contribution in [2.45, 2.75) is 11.4 Å². The Morgan fingerprint density at radius 3 is 2.17 bits per heavy atom. The average Bonchev–Trinajstić information content (AvgIpc) is 2.34. The van der Waals surface area contributed by atoms with Gasteiger partial charge in [0.2, 0.25) is 0 Å². The van der Waals surface area contributed by atoms with Crippen LogP contribution in [0.3, 0.4) is 0 Å². The predicted molar refractivity (Wildman–Crippen MR) is 84.4 cm³/mol. The number of halogens is 2. The van der Waals surface area contributed by atoms with Crippen molar-refractivity contribution in [2.24, 2.45) is 0 Å². The topological polar surface area (TPSA) is 44.3 Å². The summed E-state index contributed by atoms with van der Waals surface area (Å²) in [6.07, 6.45) is 2.08. The van der Waals surface area contributed by atoms with E-state index < -0.39 is 0 Å². The summed E-state index contributed by atoms with van der Waals surface area (Å²) in [7, 11) is 0. The Balaban J connectivity index is 0. The molecular formula is C12H22Cl2N2OS. The molecule has 1 aromatic rings. The Morgan fingerprint density at radius 2 is 1.61 bits per heavy atom. The maximum absolute atomic E-state index is 8.57. The summed E-state index contributed by atoms with van der Waals surface area (Å²) in [5, 5.41) is 15.0. The largest absolute Gasteiger partial charge is 0.395 e. The second-order valence-electron chi connectivity index (χ2n) is 3.50. The summed E-state index contributed by atoms with van der Waals surface area (Å²) in [6, 6.07) is 8.59. The van der Waals surface area contributed by atoms with E-state index in [0.717, 1.165) is 19.6 Å². The molecule has 6 heteroatoms. The van der Waals surface area contributed by atoms with E-state index >= 15 is 0 Å². The molecule has 1 rings (SSSR count). The number of rotatable bonds is 8. The van der Waals surface area contributed by atoms with Crippen LogP contribution < -0.4 is 10.6 Å². The zero-order valence-electron chi connectivity index (χ0n) is 10.5. The molecule has 0 heterocycles. The highest BCUT2D eigenvalue weighted by atomic mass is 35.5. The van der Waals surface area contributed by atoms with Crippen molar-refractivity contribution in [1.29, 1.82) is 0 Å². The number of aliphatic hydroxyl groups is 1. The van der Waals surface area contributed by atoms with Crippen LogP contribution in [0, 0.1) is 0 Å². The van der Waals surface area contributed by atoms with Crippen molar-refractivity contribution in [3.05, 3.63) is 29.8 Å². The fourth-order valence-electron chi connectivity index (χ4n) is 1.36. The first-order valence-electron chi connectivity index (χ1n) is 5.52. The molecule has 0 unspecified atom stereocenters. The van der Waals surface area contributed by atoms with Crippen LogP contribution in [-0.2, 0) is 6.54 Å². The van der Waals surface area contributed by atoms with Crippen LogP contribution in [0.5, 0.6) is 0 Å². The van der Waals surface area contributed by atoms with Crippen molar-refractivity contribution in [1.82, 2.24) is 10.6 Å². The number of nitrogens with one attached hydrogen (secondary N) is 2. The van der Waals surface area contributed by atoms with E-state index in [1.165, 1.54) is 10.5 Å². The average molecular weight is 313 g/mol. The third-order valence-corrected chi connectivity index (χ3v) is 3.00. The molecule has 0 saturated heterocycles. The molecule has 0 radical (unpaired) electrons. The van der Waals surface area contributed by atoms with Gasteiger partial charge in [0.25, 0.3) is 0 Å². The number of benzene rings is 1. The standard InChI is InChI=1S/C12H20N2OS.2ClH/c1-16-12-4-2-11(3-5-12)10-14-7-6-13-8-9-15;;/h2-5,13-15H,6-10H2,1H3;2*1H. The van der Waals surface area contributed by atoms with Crippen LogP contribution in [0.25, 0.3) is 0 Å². The van der Waals surface area contributed by atoms with E-state index in [0.29, 0.717) is 6.54 Å². The Hall–Kier alpha value is 0.0300. The van der Waals surface area contributed by atoms with Crippen LogP contribution in [0.1, 0.15) is 5.56 Å². The molecule has 106 valence electrons. The third-order valence-electron chi connectivity index (χ3n) is 2.26. The molecule has 0 aliphatic rings. The molecule has 0 saturated carbocycles. The van der Waals surface area contributed by atoms with Gasteiger partial charge in [-0.2, -0.15) is 0 Å². The molecule has 0 atom stereocenters. The lowest BCUT2D eigenvalue weighted by molar-refractivity contribution is 0.292. The number of hydrogen-bond acceptors (Lipinski definition) is 4. The van der Waals surface area contributed by atoms with Crippen molar-refractivity contribution < 1.29 is 5.11 Å². The molecule has 0 aliphatic heterocycles. The van der Waals surface area contributed by atoms with E-state index in [1.807, 2.05) is 0 Å². The van der Waals surface area contributed by atoms with Crippen LogP contribution in [-0.4, -0.2) is 37.6 Å². The molecule has 1 aromatic carbocycles. The van der Waals surface area contributed by atoms with Crippen LogP contribution >= 0.6 is 36.6 Å². The lowest BCUT2D eigenvalue weighted by Gasteiger charge is -2.06. The van der Waals surface area contributed by atoms with Gasteiger partial charge in [0.1, 0.15) is 0 Å². The van der Waals surface area contributed by atoms with Gasteiger partial charge in [0.05, 0.1) is 6.61 Å². The zero-order chi connectivity index (χ0) is 11.6. The molecule has 0 aromatic heterocycles. The third kappa shape index (κ3) is 9.03. The van der Waals surface area contributed by atoms with E-state index in [-0.39, 0.29) is 31.4 Å². The zero-order valence-corrected chi connectivity index (χ0v) is 13.0. The smallest absolute Gasteiger partial charge is 0.0555 e. The van der Waals surface area contributed by atoms with E-state index in [9.17, 15) is 0 Å². The van der Waals surface area contributed by atoms with Crippen molar-refractivity contribution >= 4 is 36.6 Å². The molecule has 0 aliphatic carbocycles. The van der Waals surface area contributed by atoms with Crippen LogP contribution in [0.15, 0.2) is 29.2 Å². The molecule has 0 spiro atoms. The highest BCUT2D eigenvalue weighted by Gasteiger charge is 1.93. The minimum absolute atomic E-state index is 0. The molecule has 0 amide bonds. The molecule has 3 nitrogen and oxygen atoms in total. The number of hydrogen-bond donors (Lipinski definition) is 3. The number of thioether (sulfide) groups is 1. The molecule has 0 bridgehead atoms. The molecule has 18 heavy (non-hydrogen) atoms. The molecule has 0 fully saturated rings. The van der Waals surface area contributed by atoms with Gasteiger partial charge in [-0.25, -0.2) is 0 Å². The quantitative estimate of drug-likeness (QED) is 0.507. The van der Waals surface area contributed by atoms with Crippen molar-refractivity contribution in [3.8, 4) is 0 Å². The second kappa shape index (κ2) is 13.5. The summed E-state index contributed by atoms with van der Waals surface area (Å²) >= 11 is 1.76. The summed E-state index contributed by atoms with van der Waals surface area (Å²) in [6.45, 7) is 3.59. The van der Waals surface area contributed by atoms with Crippen molar-refractivity contribution in [3.63, 3.8) is 0 Å². The van der Waals surface area contributed by atoms with Gasteiger partial charge in [-0.05, 0) is 24.0 Å². The van der Waals surface area contributed by atoms with Gasteiger partial charge >= 0.3 is 0 Å². The highest BCUT2D eigenvalue weighted by Crippen LogP contribution is 2.14. The first-order valence-corrected chi connectivity index (χ1v) is 6.74. The fourth-order valence-corrected chi connectivity index (χ4v) is 1.77. The minimum Gasteiger partial charge on any atom is -0.395 e. The van der Waals surface area contributed by atoms with E-state index in [2.05, 4.69) is 41.2 Å². The summed E-state index contributed by atoms with van der Waals surface area (Å²) in [5.41, 5.74) is 1.31. The predicted octanol–water partition coefficient (Wildman–Crippen LogP) is 1.92. The lowest BCUT2D eigenvalue weighted by Crippen LogP contribution is -2.28. The molecular weight excluding hydrogens is 291 g/mol. The number of aliphatic hydroxyl groups excluding tert-OH is 1. The van der Waals surface area contributed by atoms with Crippen LogP contribution in [0.4, 0.5) is 0 Å². The SMILES string of the molecule is CSc1ccc(CNCCNCCO)cc1.Cl.Cl. The van der Waals surface area contributed by atoms with Gasteiger partial charge in [-0.15, -0.1) is 36.6 Å². The summed E-state index contributed by atoms with van der Waals surface area (Å²) in [4.78, 5) is 1.30. The van der Waals surface area contributed by atoms with Gasteiger partial charge < -0.3 is 15.7 Å². The Labute approximate surface area is 126 Å². The Bertz CT molecular complexity index is 286. The monoisotopic (exact) mass is 312 g/mol. The maximum Gasteiger partial charge on any atom is 0.0555 e. The van der Waals surface area contributed by atoms with Gasteiger partial charge in [-0.3, -0.25) is 0 Å². The summed E-state index contributed by atoms with van der Waals surface area (Å²) in [5.74, 6) is 0. The van der Waals surface area contributed by atoms with Gasteiger partial charge in [0, 0.05) is 31.1 Å². The Kier molecular flexibility index (Phi) is 15.2. The van der Waals surface area contributed by atoms with E-state index in [4.69, 9.17) is 5.11 Å². The van der Waals surface area contributed by atoms with Gasteiger partial charge in [-0.1, -0.05) is 12.1 Å². The minimum atomic E-state index is 0. The first-order chi connectivity index (χ1) is 7.86. The Morgan fingerprint density at radius 1 is 1.00 bits per heavy atom.